The van der Waals surface area contributed by atoms with Crippen molar-refractivity contribution in [3.63, 3.8) is 0 Å². The molecule has 1 saturated heterocycles. The molecule has 1 fully saturated rings. The predicted molar refractivity (Wildman–Crippen MR) is 25.5 cm³/mol. The van der Waals surface area contributed by atoms with Crippen LogP contribution in [0.5, 0.6) is 0 Å². The van der Waals surface area contributed by atoms with Crippen molar-refractivity contribution in [1.82, 2.24) is 16.5 Å². The van der Waals surface area contributed by atoms with Crippen LogP contribution in [0.15, 0.2) is 0 Å². The largest absolute Gasteiger partial charge is 0.404 e. The molecule has 0 bridgehead atoms. The molecule has 0 atom stereocenters. The van der Waals surface area contributed by atoms with Crippen molar-refractivity contribution in [3.05, 3.63) is 0 Å². The van der Waals surface area contributed by atoms with Gasteiger partial charge in [0.15, 0.2) is 0 Å². The third-order valence-electron chi connectivity index (χ3n) is 0.762. The van der Waals surface area contributed by atoms with E-state index in [-0.39, 0.29) is 0 Å². The van der Waals surface area contributed by atoms with Crippen LogP contribution in [0.3, 0.4) is 0 Å². The lowest BCUT2D eigenvalue weighted by atomic mass is 10.4. The fourth-order valence-electron chi connectivity index (χ4n) is 0.350. The Balaban J connectivity index is 2.74. The highest BCUT2D eigenvalue weighted by Crippen LogP contribution is 1.79. The number of carbonyl (C=O) groups is 3. The Kier molecular flexibility index (Phi) is 1.61. The summed E-state index contributed by atoms with van der Waals surface area (Å²) in [4.78, 5) is 35.0. The number of Topliss-reactive ketones (excluding diaryl/α,β-unsaturated/α-hetero) is 1. The standard InChI is InChI=1S/C3H3N3O4/c7-1-2(8)4-5-6-10-3(1)9/h5-6H,(H,4,8). The molecule has 1 heterocycles. The summed E-state index contributed by atoms with van der Waals surface area (Å²) in [5.41, 5.74) is 5.58. The van der Waals surface area contributed by atoms with E-state index in [0.29, 0.717) is 0 Å². The number of rotatable bonds is 0. The second-order valence-electron chi connectivity index (χ2n) is 1.40. The molecule has 0 saturated carbocycles. The molecule has 0 radical (unpaired) electrons. The quantitative estimate of drug-likeness (QED) is 0.317. The normalized spacial score (nSPS) is 19.4. The summed E-state index contributed by atoms with van der Waals surface area (Å²) in [6, 6.07) is 0. The number of carbonyl (C=O) groups excluding carboxylic acids is 3. The van der Waals surface area contributed by atoms with Crippen LogP contribution in [0.25, 0.3) is 0 Å². The first kappa shape index (κ1) is 6.65. The zero-order valence-corrected chi connectivity index (χ0v) is 4.63. The van der Waals surface area contributed by atoms with Crippen LogP contribution in [-0.4, -0.2) is 17.7 Å². The fraction of sp³-hybridized carbons (Fsp3) is 0. The number of hydrazine groups is 2. The molecule has 1 rings (SSSR count). The van der Waals surface area contributed by atoms with Crippen LogP contribution >= 0.6 is 0 Å². The maximum Gasteiger partial charge on any atom is 0.404 e. The van der Waals surface area contributed by atoms with Crippen LogP contribution in [-0.2, 0) is 19.2 Å². The smallest absolute Gasteiger partial charge is 0.347 e. The highest BCUT2D eigenvalue weighted by atomic mass is 16.7. The first-order chi connectivity index (χ1) is 4.72. The molecule has 0 aliphatic carbocycles. The van der Waals surface area contributed by atoms with E-state index in [4.69, 9.17) is 0 Å². The molecule has 1 aliphatic heterocycles. The average molecular weight is 145 g/mol. The van der Waals surface area contributed by atoms with Gasteiger partial charge in [-0.2, -0.15) is 0 Å². The van der Waals surface area contributed by atoms with E-state index in [9.17, 15) is 14.4 Å². The minimum atomic E-state index is -1.25. The van der Waals surface area contributed by atoms with E-state index in [1.807, 2.05) is 11.0 Å². The highest BCUT2D eigenvalue weighted by Gasteiger charge is 2.26. The van der Waals surface area contributed by atoms with Gasteiger partial charge in [0.2, 0.25) is 0 Å². The minimum absolute atomic E-state index is 1.06. The lowest BCUT2D eigenvalue weighted by Gasteiger charge is -1.96. The monoisotopic (exact) mass is 145 g/mol. The van der Waals surface area contributed by atoms with E-state index in [1.165, 1.54) is 0 Å². The Bertz CT molecular complexity index is 180. The van der Waals surface area contributed by atoms with E-state index in [2.05, 4.69) is 4.84 Å². The van der Waals surface area contributed by atoms with E-state index < -0.39 is 17.7 Å². The molecule has 0 unspecified atom stereocenters. The Labute approximate surface area is 54.6 Å². The van der Waals surface area contributed by atoms with Gasteiger partial charge in [-0.05, 0) is 0 Å². The Hall–Kier alpha value is -1.47. The van der Waals surface area contributed by atoms with Gasteiger partial charge >= 0.3 is 17.7 Å². The van der Waals surface area contributed by atoms with Gasteiger partial charge in [0, 0.05) is 0 Å². The third-order valence-corrected chi connectivity index (χ3v) is 0.762. The summed E-state index contributed by atoms with van der Waals surface area (Å²) in [6.07, 6.45) is 0. The minimum Gasteiger partial charge on any atom is -0.347 e. The predicted octanol–water partition coefficient (Wildman–Crippen LogP) is -2.85. The molecule has 0 aromatic rings. The molecule has 3 N–H and O–H groups in total. The van der Waals surface area contributed by atoms with Gasteiger partial charge in [0.1, 0.15) is 0 Å². The van der Waals surface area contributed by atoms with Gasteiger partial charge in [-0.15, -0.1) is 5.53 Å². The van der Waals surface area contributed by atoms with Crippen molar-refractivity contribution >= 4 is 17.7 Å². The van der Waals surface area contributed by atoms with Crippen molar-refractivity contribution in [2.24, 2.45) is 0 Å². The van der Waals surface area contributed by atoms with Crippen molar-refractivity contribution < 1.29 is 19.2 Å². The average Bonchev–Trinajstić information content (AvgIpc) is 2.04. The molecular weight excluding hydrogens is 142 g/mol. The van der Waals surface area contributed by atoms with Crippen LogP contribution in [0.4, 0.5) is 0 Å². The first-order valence-corrected chi connectivity index (χ1v) is 2.27. The Morgan fingerprint density at radius 3 is 2.60 bits per heavy atom. The highest BCUT2D eigenvalue weighted by molar-refractivity contribution is 6.61. The van der Waals surface area contributed by atoms with E-state index in [0.717, 1.165) is 0 Å². The molecule has 0 aromatic heterocycles. The van der Waals surface area contributed by atoms with Crippen LogP contribution in [0.1, 0.15) is 0 Å². The molecule has 7 nitrogen and oxygen atoms in total. The maximum absolute atomic E-state index is 10.4. The van der Waals surface area contributed by atoms with Crippen molar-refractivity contribution in [2.45, 2.75) is 0 Å². The summed E-state index contributed by atoms with van der Waals surface area (Å²) in [5, 5.41) is 0. The molecule has 7 heteroatoms. The molecular formula is C3H3N3O4. The van der Waals surface area contributed by atoms with Gasteiger partial charge < -0.3 is 4.84 Å². The number of hydrogen-bond donors (Lipinski definition) is 3. The second-order valence-corrected chi connectivity index (χ2v) is 1.40. The van der Waals surface area contributed by atoms with E-state index >= 15 is 0 Å². The van der Waals surface area contributed by atoms with Gasteiger partial charge in [-0.3, -0.25) is 15.0 Å². The van der Waals surface area contributed by atoms with Gasteiger partial charge in [0.05, 0.1) is 0 Å². The van der Waals surface area contributed by atoms with Gasteiger partial charge in [-0.1, -0.05) is 5.59 Å². The summed E-state index contributed by atoms with van der Waals surface area (Å²) in [6.45, 7) is 0. The topological polar surface area (TPSA) is 96.5 Å². The zero-order valence-electron chi connectivity index (χ0n) is 4.63. The lowest BCUT2D eigenvalue weighted by molar-refractivity contribution is -0.160. The van der Waals surface area contributed by atoms with Crippen LogP contribution in [0, 0.1) is 0 Å². The summed E-state index contributed by atoms with van der Waals surface area (Å²) in [7, 11) is 0. The van der Waals surface area contributed by atoms with Crippen molar-refractivity contribution in [1.29, 1.82) is 0 Å². The molecule has 54 valence electrons. The fourth-order valence-corrected chi connectivity index (χ4v) is 0.350. The summed E-state index contributed by atoms with van der Waals surface area (Å²) >= 11 is 0. The Morgan fingerprint density at radius 2 is 1.90 bits per heavy atom. The number of amides is 1. The maximum atomic E-state index is 10.4. The van der Waals surface area contributed by atoms with Crippen LogP contribution < -0.4 is 16.5 Å². The SMILES string of the molecule is O=C1NNNOC(=O)C1=O. The lowest BCUT2D eigenvalue weighted by Crippen LogP contribution is -2.44. The molecule has 0 spiro atoms. The molecule has 1 amide bonds. The number of nitrogens with one attached hydrogen (secondary N) is 3. The van der Waals surface area contributed by atoms with Gasteiger partial charge in [0.25, 0.3) is 0 Å². The second kappa shape index (κ2) is 2.42. The van der Waals surface area contributed by atoms with E-state index in [1.54, 1.807) is 5.59 Å². The van der Waals surface area contributed by atoms with Crippen molar-refractivity contribution in [2.75, 3.05) is 0 Å². The summed E-state index contributed by atoms with van der Waals surface area (Å²) in [5.74, 6) is -3.56. The molecule has 0 aromatic carbocycles. The Morgan fingerprint density at radius 1 is 1.20 bits per heavy atom. The molecule has 1 aliphatic rings. The number of ketones is 1. The van der Waals surface area contributed by atoms with Crippen molar-refractivity contribution in [3.8, 4) is 0 Å². The van der Waals surface area contributed by atoms with Crippen LogP contribution in [0.2, 0.25) is 0 Å². The van der Waals surface area contributed by atoms with Gasteiger partial charge in [-0.25, -0.2) is 4.79 Å². The summed E-state index contributed by atoms with van der Waals surface area (Å²) < 4.78 is 0. The first-order valence-electron chi connectivity index (χ1n) is 2.27. The zero-order chi connectivity index (χ0) is 7.56. The molecule has 10 heavy (non-hydrogen) atoms. The third kappa shape index (κ3) is 1.09. The number of hydrogen-bond acceptors (Lipinski definition) is 6.